The highest BCUT2D eigenvalue weighted by Crippen LogP contribution is 2.32. The Hall–Kier alpha value is -2.06. The lowest BCUT2D eigenvalue weighted by Crippen LogP contribution is -2.44. The number of likely N-dealkylation sites (tertiary alicyclic amines) is 2. The van der Waals surface area contributed by atoms with Crippen LogP contribution >= 0.6 is 0 Å². The number of ether oxygens (including phenoxy) is 1. The molecule has 8 heteroatoms. The number of hydrogen-bond acceptors (Lipinski definition) is 6. The van der Waals surface area contributed by atoms with Gasteiger partial charge in [0.05, 0.1) is 24.9 Å². The van der Waals surface area contributed by atoms with E-state index in [2.05, 4.69) is 27.0 Å². The number of carbonyl (C=O) groups excluding carboxylic acids is 1. The lowest BCUT2D eigenvalue weighted by Gasteiger charge is -2.32. The zero-order valence-corrected chi connectivity index (χ0v) is 15.4. The Morgan fingerprint density at radius 2 is 2.12 bits per heavy atom. The summed E-state index contributed by atoms with van der Waals surface area (Å²) in [6.07, 6.45) is 8.40. The van der Waals surface area contributed by atoms with Crippen LogP contribution in [0.25, 0.3) is 5.65 Å². The molecule has 0 unspecified atom stereocenters. The van der Waals surface area contributed by atoms with Crippen LogP contribution < -0.4 is 0 Å². The molecule has 0 aromatic carbocycles. The Bertz CT molecular complexity index is 770. The molecule has 2 saturated heterocycles. The maximum absolute atomic E-state index is 12.8. The molecule has 0 aliphatic carbocycles. The normalized spacial score (nSPS) is 25.2. The van der Waals surface area contributed by atoms with Gasteiger partial charge >= 0.3 is 0 Å². The summed E-state index contributed by atoms with van der Waals surface area (Å²) >= 11 is 0. The van der Waals surface area contributed by atoms with Crippen molar-refractivity contribution in [1.82, 2.24) is 29.4 Å². The van der Waals surface area contributed by atoms with Crippen LogP contribution in [0.15, 0.2) is 18.6 Å². The zero-order valence-electron chi connectivity index (χ0n) is 15.4. The molecule has 2 aliphatic rings. The van der Waals surface area contributed by atoms with Gasteiger partial charge in [0.25, 0.3) is 0 Å². The van der Waals surface area contributed by atoms with Crippen molar-refractivity contribution in [3.8, 4) is 0 Å². The van der Waals surface area contributed by atoms with Gasteiger partial charge in [0.15, 0.2) is 11.5 Å². The van der Waals surface area contributed by atoms with Gasteiger partial charge in [-0.15, -0.1) is 10.2 Å². The van der Waals surface area contributed by atoms with Gasteiger partial charge in [0.2, 0.25) is 5.91 Å². The van der Waals surface area contributed by atoms with E-state index in [1.165, 1.54) is 0 Å². The second kappa shape index (κ2) is 7.28. The molecule has 140 valence electrons. The molecule has 26 heavy (non-hydrogen) atoms. The van der Waals surface area contributed by atoms with Gasteiger partial charge in [0, 0.05) is 39.1 Å². The lowest BCUT2D eigenvalue weighted by molar-refractivity contribution is -0.134. The van der Waals surface area contributed by atoms with Gasteiger partial charge in [-0.05, 0) is 25.2 Å². The Morgan fingerprint density at radius 1 is 1.31 bits per heavy atom. The van der Waals surface area contributed by atoms with Crippen molar-refractivity contribution in [2.75, 3.05) is 33.3 Å². The predicted octanol–water partition coefficient (Wildman–Crippen LogP) is 1.14. The van der Waals surface area contributed by atoms with E-state index in [0.29, 0.717) is 12.5 Å². The minimum absolute atomic E-state index is 0.0185. The van der Waals surface area contributed by atoms with Crippen molar-refractivity contribution in [3.05, 3.63) is 24.4 Å². The minimum atomic E-state index is 0.0185. The Balaban J connectivity index is 1.52. The number of piperidine rings is 1. The second-order valence-corrected chi connectivity index (χ2v) is 7.46. The third-order valence-corrected chi connectivity index (χ3v) is 5.71. The van der Waals surface area contributed by atoms with E-state index in [4.69, 9.17) is 4.74 Å². The highest BCUT2D eigenvalue weighted by molar-refractivity contribution is 5.78. The molecule has 0 bridgehead atoms. The summed E-state index contributed by atoms with van der Waals surface area (Å²) < 4.78 is 7.54. The molecular formula is C18H26N6O2. The Labute approximate surface area is 153 Å². The first-order valence-corrected chi connectivity index (χ1v) is 9.35. The van der Waals surface area contributed by atoms with Gasteiger partial charge < -0.3 is 9.64 Å². The van der Waals surface area contributed by atoms with E-state index in [9.17, 15) is 4.79 Å². The summed E-state index contributed by atoms with van der Waals surface area (Å²) in [6.45, 7) is 5.13. The molecule has 2 atom stereocenters. The number of nitrogens with zero attached hydrogens (tertiary/aromatic N) is 6. The highest BCUT2D eigenvalue weighted by Gasteiger charge is 2.38. The molecule has 2 aromatic heterocycles. The first-order chi connectivity index (χ1) is 12.7. The first kappa shape index (κ1) is 17.4. The highest BCUT2D eigenvalue weighted by atomic mass is 16.5. The fraction of sp³-hybridized carbons (Fsp3) is 0.667. The van der Waals surface area contributed by atoms with Crippen molar-refractivity contribution in [2.45, 2.75) is 38.3 Å². The maximum Gasteiger partial charge on any atom is 0.236 e. The first-order valence-electron chi connectivity index (χ1n) is 9.35. The van der Waals surface area contributed by atoms with Gasteiger partial charge in [0.1, 0.15) is 0 Å². The SMILES string of the molecule is CO[C@@H]1C[C@@H](c2nnc3cnccn23)N(CC(=O)N2CCC(C)CC2)C1. The third-order valence-electron chi connectivity index (χ3n) is 5.71. The van der Waals surface area contributed by atoms with Crippen molar-refractivity contribution in [2.24, 2.45) is 5.92 Å². The fourth-order valence-corrected chi connectivity index (χ4v) is 4.01. The van der Waals surface area contributed by atoms with Crippen LogP contribution in [0.5, 0.6) is 0 Å². The fourth-order valence-electron chi connectivity index (χ4n) is 4.01. The zero-order chi connectivity index (χ0) is 18.1. The minimum Gasteiger partial charge on any atom is -0.380 e. The molecular weight excluding hydrogens is 332 g/mol. The summed E-state index contributed by atoms with van der Waals surface area (Å²) in [4.78, 5) is 21.1. The molecule has 2 aliphatic heterocycles. The molecule has 0 saturated carbocycles. The average molecular weight is 358 g/mol. The Kier molecular flexibility index (Phi) is 4.86. The maximum atomic E-state index is 12.8. The largest absolute Gasteiger partial charge is 0.380 e. The van der Waals surface area contributed by atoms with E-state index in [1.807, 2.05) is 15.5 Å². The molecule has 0 N–H and O–H groups in total. The summed E-state index contributed by atoms with van der Waals surface area (Å²) in [7, 11) is 1.73. The van der Waals surface area contributed by atoms with Gasteiger partial charge in [-0.25, -0.2) is 0 Å². The van der Waals surface area contributed by atoms with Crippen molar-refractivity contribution >= 4 is 11.6 Å². The molecule has 4 heterocycles. The average Bonchev–Trinajstić information content (AvgIpc) is 3.25. The van der Waals surface area contributed by atoms with Crippen LogP contribution in [0.4, 0.5) is 0 Å². The van der Waals surface area contributed by atoms with Crippen LogP contribution in [0, 0.1) is 5.92 Å². The summed E-state index contributed by atoms with van der Waals surface area (Å²) in [5.41, 5.74) is 0.722. The quantitative estimate of drug-likeness (QED) is 0.816. The van der Waals surface area contributed by atoms with Crippen LogP contribution in [0.1, 0.15) is 38.1 Å². The lowest BCUT2D eigenvalue weighted by atomic mass is 9.99. The molecule has 2 aromatic rings. The van der Waals surface area contributed by atoms with Gasteiger partial charge in [-0.3, -0.25) is 19.1 Å². The number of methoxy groups -OCH3 is 1. The number of carbonyl (C=O) groups is 1. The number of fused-ring (bicyclic) bond motifs is 1. The van der Waals surface area contributed by atoms with Crippen LogP contribution in [0.3, 0.4) is 0 Å². The summed E-state index contributed by atoms with van der Waals surface area (Å²) in [6, 6.07) is 0.0185. The monoisotopic (exact) mass is 358 g/mol. The molecule has 0 spiro atoms. The number of aromatic nitrogens is 4. The molecule has 4 rings (SSSR count). The van der Waals surface area contributed by atoms with Gasteiger partial charge in [-0.2, -0.15) is 0 Å². The molecule has 1 amide bonds. The van der Waals surface area contributed by atoms with E-state index < -0.39 is 0 Å². The van der Waals surface area contributed by atoms with E-state index >= 15 is 0 Å². The van der Waals surface area contributed by atoms with E-state index in [1.54, 1.807) is 19.5 Å². The van der Waals surface area contributed by atoms with Crippen molar-refractivity contribution in [3.63, 3.8) is 0 Å². The number of amides is 1. The van der Waals surface area contributed by atoms with Gasteiger partial charge in [-0.1, -0.05) is 6.92 Å². The van der Waals surface area contributed by atoms with Crippen molar-refractivity contribution < 1.29 is 9.53 Å². The van der Waals surface area contributed by atoms with Crippen LogP contribution in [-0.2, 0) is 9.53 Å². The van der Waals surface area contributed by atoms with Crippen LogP contribution in [-0.4, -0.2) is 74.7 Å². The van der Waals surface area contributed by atoms with E-state index in [-0.39, 0.29) is 18.1 Å². The molecule has 8 nitrogen and oxygen atoms in total. The van der Waals surface area contributed by atoms with Crippen molar-refractivity contribution in [1.29, 1.82) is 0 Å². The Morgan fingerprint density at radius 3 is 2.88 bits per heavy atom. The number of hydrogen-bond donors (Lipinski definition) is 0. The van der Waals surface area contributed by atoms with Crippen LogP contribution in [0.2, 0.25) is 0 Å². The second-order valence-electron chi connectivity index (χ2n) is 7.46. The summed E-state index contributed by atoms with van der Waals surface area (Å²) in [5.74, 6) is 1.77. The molecule has 2 fully saturated rings. The number of rotatable bonds is 4. The van der Waals surface area contributed by atoms with E-state index in [0.717, 1.165) is 50.4 Å². The topological polar surface area (TPSA) is 75.9 Å². The standard InChI is InChI=1S/C18H26N6O2/c1-13-3-6-22(7-4-13)17(25)12-23-11-14(26-2)9-15(23)18-21-20-16-10-19-5-8-24(16)18/h5,8,10,13-15H,3-4,6-7,9,11-12H2,1-2H3/t14-,15+/m1/s1. The predicted molar refractivity (Wildman–Crippen MR) is 95.5 cm³/mol. The molecule has 0 radical (unpaired) electrons. The smallest absolute Gasteiger partial charge is 0.236 e. The third kappa shape index (κ3) is 3.31. The summed E-state index contributed by atoms with van der Waals surface area (Å²) in [5, 5.41) is 8.59.